The number of carbonyl (C=O) groups is 4. The largest absolute Gasteiger partial charge is 1.00 e. The maximum Gasteiger partial charge on any atom is 1.00 e. The Morgan fingerprint density at radius 2 is 1.27 bits per heavy atom. The molecule has 0 saturated carbocycles. The minimum absolute atomic E-state index is 0. The minimum Gasteiger partial charge on any atom is -0.693 e. The van der Waals surface area contributed by atoms with Gasteiger partial charge in [-0.3, -0.25) is 4.79 Å². The van der Waals surface area contributed by atoms with Crippen LogP contribution in [-0.2, 0) is 23.8 Å². The minimum atomic E-state index is -1.33. The summed E-state index contributed by atoms with van der Waals surface area (Å²) in [5.74, 6) is 0.215. The Morgan fingerprint density at radius 3 is 1.45 bits per heavy atom. The molecule has 0 aliphatic carbocycles. The van der Waals surface area contributed by atoms with Gasteiger partial charge in [0.25, 0.3) is 0 Å². The summed E-state index contributed by atoms with van der Waals surface area (Å²) in [6.45, 7) is 28.8. The van der Waals surface area contributed by atoms with Gasteiger partial charge in [-0.15, -0.1) is 0 Å². The second-order valence-electron chi connectivity index (χ2n) is 13.1. The van der Waals surface area contributed by atoms with Gasteiger partial charge in [0, 0.05) is 23.6 Å². The van der Waals surface area contributed by atoms with E-state index in [2.05, 4.69) is 69.2 Å². The molecule has 0 aromatic carbocycles. The van der Waals surface area contributed by atoms with Gasteiger partial charge in [-0.05, 0) is 23.7 Å². The molecule has 1 aliphatic rings. The van der Waals surface area contributed by atoms with Crippen LogP contribution < -0.4 is 103 Å². The maximum absolute atomic E-state index is 11.3. The summed E-state index contributed by atoms with van der Waals surface area (Å²) in [7, 11) is 0. The monoisotopic (exact) mass is 630 g/mol. The molecule has 4 atom stereocenters. The van der Waals surface area contributed by atoms with Crippen molar-refractivity contribution >= 4 is 25.0 Å². The second kappa shape index (κ2) is 23.1. The molecular weight excluding hydrogens is 571 g/mol. The molecule has 1 heterocycles. The van der Waals surface area contributed by atoms with Crippen LogP contribution in [0.1, 0.15) is 107 Å². The Kier molecular flexibility index (Phi) is 29.1. The quantitative estimate of drug-likeness (QED) is 0.252. The van der Waals surface area contributed by atoms with Gasteiger partial charge in [0.15, 0.2) is 11.7 Å². The predicted octanol–water partition coefficient (Wildman–Crippen LogP) is 3.40. The smallest absolute Gasteiger partial charge is 0.693 e. The van der Waals surface area contributed by atoms with E-state index in [-0.39, 0.29) is 156 Å². The molecule has 1 fully saturated rings. The molecule has 0 aromatic heterocycles. The number of nitrogens with one attached hydrogen (secondary N) is 3. The first kappa shape index (κ1) is 50.3. The molecule has 5 N–H and O–H groups in total. The van der Waals surface area contributed by atoms with Gasteiger partial charge in [-0.1, -0.05) is 97.4 Å². The van der Waals surface area contributed by atoms with Crippen molar-refractivity contribution < 1.29 is 139 Å². The van der Waals surface area contributed by atoms with E-state index < -0.39 is 30.6 Å². The zero-order valence-corrected chi connectivity index (χ0v) is 33.4. The fraction of sp³-hybridized carbons (Fsp3) is 0.852. The number of amides is 3. The molecule has 11 nitrogen and oxygen atoms in total. The molecule has 1 aliphatic heterocycles. The van der Waals surface area contributed by atoms with Crippen molar-refractivity contribution in [1.82, 2.24) is 0 Å². The number of hydrogen-bond acceptors (Lipinski definition) is 7. The van der Waals surface area contributed by atoms with Crippen LogP contribution in [0, 0.1) is 27.6 Å². The van der Waals surface area contributed by atoms with E-state index in [4.69, 9.17) is 43.7 Å². The molecule has 1 rings (SSSR count). The second-order valence-corrected chi connectivity index (χ2v) is 13.1. The predicted molar refractivity (Wildman–Crippen MR) is 154 cm³/mol. The summed E-state index contributed by atoms with van der Waals surface area (Å²) in [6, 6.07) is 0. The van der Waals surface area contributed by atoms with Crippen LogP contribution in [0.25, 0.3) is 23.4 Å². The third-order valence-electron chi connectivity index (χ3n) is 6.19. The fourth-order valence-electron chi connectivity index (χ4n) is 3.61. The molecule has 2 unspecified atom stereocenters. The van der Waals surface area contributed by atoms with Crippen LogP contribution in [-0.4, -0.2) is 42.8 Å². The Labute approximate surface area is 332 Å². The van der Waals surface area contributed by atoms with Crippen LogP contribution in [0.3, 0.4) is 0 Å². The van der Waals surface area contributed by atoms with Gasteiger partial charge in [-0.2, -0.15) is 0 Å². The average Bonchev–Trinajstić information content (AvgIpc) is 2.93. The van der Waals surface area contributed by atoms with Crippen LogP contribution in [0.5, 0.6) is 0 Å². The van der Waals surface area contributed by atoms with E-state index in [1.54, 1.807) is 0 Å². The SMILES string of the molecule is C.CC(C)(C)C1OC(=O)O[C@]1(C)C(C)(C)C.C[C@H](C(OC([NH-])=O)C(C)(C)C)C(C)(C)C.[3H]C([NH-])=O.[3H]C([NH-])=O.[K+].[K+].[NH2-]. The summed E-state index contributed by atoms with van der Waals surface area (Å²) >= 11 is 0. The van der Waals surface area contributed by atoms with E-state index in [1.165, 1.54) is 0 Å². The van der Waals surface area contributed by atoms with Crippen molar-refractivity contribution in [2.75, 3.05) is 0 Å². The molecule has 3 amide bonds. The molecule has 40 heavy (non-hydrogen) atoms. The number of carbonyl (C=O) groups excluding carboxylic acids is 4. The Morgan fingerprint density at radius 1 is 0.950 bits per heavy atom. The third-order valence-corrected chi connectivity index (χ3v) is 6.19. The summed E-state index contributed by atoms with van der Waals surface area (Å²) in [5.41, 5.74) is 17.2. The van der Waals surface area contributed by atoms with Crippen molar-refractivity contribution in [3.63, 3.8) is 0 Å². The number of hydrogen-bond donors (Lipinski definition) is 0. The van der Waals surface area contributed by atoms with Crippen molar-refractivity contribution in [3.05, 3.63) is 23.4 Å². The first-order chi connectivity index (χ1) is 16.4. The number of rotatable bonds is 2. The zero-order valence-electron chi connectivity index (χ0n) is 29.2. The number of cyclic esters (lactones) is 2. The molecule has 0 bridgehead atoms. The molecule has 0 radical (unpaired) electrons. The van der Waals surface area contributed by atoms with E-state index in [1.807, 2.05) is 27.7 Å². The van der Waals surface area contributed by atoms with Gasteiger partial charge >= 0.3 is 109 Å². The summed E-state index contributed by atoms with van der Waals surface area (Å²) in [6.07, 6.45) is -4.58. The standard InChI is InChI=1S/C12H25NO2.C12H22O3.2CH3NO.CH4.2K.H2N/c1-8(11(2,3)4)9(12(5,6)7)15-10(13)14;1-10(2,3)8-12(7,11(4,5)6)15-9(13)14-8;2*2-1-3;;;;/h8-9H,1-7H3,(H2,13,14);8H,1-7H3;2*1H,(H2,2,3);1H4;;;1H2/q;;;;;2*+1;-1/p-3/t8-,9?;8?,12-;;;;;;/m10....../s1/i;;2*1T;;;;. The Bertz CT molecular complexity index is 790. The van der Waals surface area contributed by atoms with Gasteiger partial charge in [0.05, 0.1) is 2.74 Å². The molecule has 0 spiro atoms. The fourth-order valence-corrected chi connectivity index (χ4v) is 3.61. The van der Waals surface area contributed by atoms with Crippen molar-refractivity contribution in [2.45, 2.75) is 122 Å². The third kappa shape index (κ3) is 21.4. The van der Waals surface area contributed by atoms with Gasteiger partial charge in [0.1, 0.15) is 6.10 Å². The zero-order chi connectivity index (χ0) is 31.7. The van der Waals surface area contributed by atoms with Crippen LogP contribution in [0.2, 0.25) is 0 Å². The van der Waals surface area contributed by atoms with Crippen molar-refractivity contribution in [3.8, 4) is 0 Å². The van der Waals surface area contributed by atoms with Crippen molar-refractivity contribution in [1.29, 1.82) is 0 Å². The Balaban J connectivity index is -0.0000000862. The molecule has 0 aromatic rings. The van der Waals surface area contributed by atoms with Crippen LogP contribution >= 0.6 is 0 Å². The topological polar surface area (TPSA) is 201 Å². The number of nitrogens with two attached hydrogens (primary N) is 1. The maximum atomic E-state index is 11.3. The molecular formula is C27H56K2N4O7-2. The average molecular weight is 631 g/mol. The van der Waals surface area contributed by atoms with Crippen LogP contribution in [0.4, 0.5) is 9.59 Å². The summed E-state index contributed by atoms with van der Waals surface area (Å²) in [4.78, 5) is 39.7. The van der Waals surface area contributed by atoms with Gasteiger partial charge < -0.3 is 47.2 Å². The van der Waals surface area contributed by atoms with E-state index in [0.29, 0.717) is 0 Å². The van der Waals surface area contributed by atoms with E-state index in [0.717, 1.165) is 0 Å². The first-order valence-corrected chi connectivity index (χ1v) is 11.7. The number of ether oxygens (including phenoxy) is 3. The summed E-state index contributed by atoms with van der Waals surface area (Å²) < 4.78 is 27.1. The van der Waals surface area contributed by atoms with E-state index >= 15 is 0 Å². The molecule has 13 heteroatoms. The first-order valence-electron chi connectivity index (χ1n) is 12.7. The van der Waals surface area contributed by atoms with Crippen LogP contribution in [0.15, 0.2) is 0 Å². The summed E-state index contributed by atoms with van der Waals surface area (Å²) in [5, 5.41) is 0. The normalized spacial score (nSPS) is 19.9. The van der Waals surface area contributed by atoms with Gasteiger partial charge in [-0.25, -0.2) is 4.79 Å². The Hall–Kier alpha value is 0.713. The van der Waals surface area contributed by atoms with Gasteiger partial charge in [0.2, 0.25) is 6.09 Å². The van der Waals surface area contributed by atoms with E-state index in [9.17, 15) is 9.59 Å². The molecule has 1 saturated heterocycles. The van der Waals surface area contributed by atoms with Crippen molar-refractivity contribution in [2.24, 2.45) is 27.6 Å². The molecule has 230 valence electrons.